The molecule has 3 heteroatoms. The number of hydrogen-bond acceptors (Lipinski definition) is 2. The fourth-order valence-corrected chi connectivity index (χ4v) is 4.96. The molecule has 34 heavy (non-hydrogen) atoms. The van der Waals surface area contributed by atoms with Gasteiger partial charge in [-0.1, -0.05) is 91.0 Å². The summed E-state index contributed by atoms with van der Waals surface area (Å²) in [5, 5.41) is 0. The lowest BCUT2D eigenvalue weighted by atomic mass is 9.96. The average Bonchev–Trinajstić information content (AvgIpc) is 3.32. The van der Waals surface area contributed by atoms with Gasteiger partial charge in [0.2, 0.25) is 5.91 Å². The van der Waals surface area contributed by atoms with Gasteiger partial charge in [-0.05, 0) is 58.4 Å². The highest BCUT2D eigenvalue weighted by Crippen LogP contribution is 2.30. The average molecular weight is 448 g/mol. The van der Waals surface area contributed by atoms with E-state index in [0.717, 1.165) is 40.8 Å². The molecule has 0 radical (unpaired) electrons. The van der Waals surface area contributed by atoms with Crippen molar-refractivity contribution in [1.29, 1.82) is 0 Å². The zero-order chi connectivity index (χ0) is 23.3. The highest BCUT2D eigenvalue weighted by molar-refractivity contribution is 5.83. The molecule has 0 atom stereocenters. The first-order valence-corrected chi connectivity index (χ1v) is 11.8. The van der Waals surface area contributed by atoms with Gasteiger partial charge in [-0.3, -0.25) is 4.79 Å². The van der Waals surface area contributed by atoms with E-state index < -0.39 is 0 Å². The Balaban J connectivity index is 1.46. The number of nitrogens with zero attached hydrogens (tertiary/aromatic N) is 1. The second-order valence-corrected chi connectivity index (χ2v) is 8.90. The van der Waals surface area contributed by atoms with Crippen LogP contribution < -0.4 is 4.74 Å². The van der Waals surface area contributed by atoms with Crippen molar-refractivity contribution in [3.8, 4) is 16.9 Å². The van der Waals surface area contributed by atoms with Crippen LogP contribution in [0, 0.1) is 0 Å². The topological polar surface area (TPSA) is 29.5 Å². The molecule has 4 aromatic rings. The molecule has 1 aliphatic rings. The maximum atomic E-state index is 13.9. The minimum atomic E-state index is 0.145. The summed E-state index contributed by atoms with van der Waals surface area (Å²) in [5.74, 6) is 0.914. The summed E-state index contributed by atoms with van der Waals surface area (Å²) >= 11 is 0. The Hall–Kier alpha value is -3.85. The monoisotopic (exact) mass is 447 g/mol. The maximum absolute atomic E-state index is 13.9. The molecule has 0 saturated carbocycles. The lowest BCUT2D eigenvalue weighted by molar-refractivity contribution is -0.133. The summed E-state index contributed by atoms with van der Waals surface area (Å²) in [6.07, 6.45) is 2.14. The van der Waals surface area contributed by atoms with Gasteiger partial charge in [-0.2, -0.15) is 0 Å². The van der Waals surface area contributed by atoms with E-state index in [1.54, 1.807) is 7.11 Å². The SMILES string of the molecule is COc1ccc(-c2ccccc2)c(CC(=O)N(Cc2ccccc2)C2Cc3ccccc3C2)c1. The Morgan fingerprint density at radius 2 is 1.44 bits per heavy atom. The van der Waals surface area contributed by atoms with Crippen molar-refractivity contribution in [1.82, 2.24) is 4.90 Å². The molecule has 5 rings (SSSR count). The minimum Gasteiger partial charge on any atom is -0.497 e. The molecule has 0 aliphatic heterocycles. The van der Waals surface area contributed by atoms with Crippen LogP contribution in [0.4, 0.5) is 0 Å². The summed E-state index contributed by atoms with van der Waals surface area (Å²) in [6.45, 7) is 0.614. The van der Waals surface area contributed by atoms with Crippen LogP contribution in [0.5, 0.6) is 5.75 Å². The van der Waals surface area contributed by atoms with Crippen molar-refractivity contribution in [3.05, 3.63) is 125 Å². The summed E-state index contributed by atoms with van der Waals surface area (Å²) in [7, 11) is 1.67. The first kappa shape index (κ1) is 22.0. The number of carbonyl (C=O) groups is 1. The van der Waals surface area contributed by atoms with Gasteiger partial charge in [0.25, 0.3) is 0 Å². The molecule has 0 bridgehead atoms. The zero-order valence-electron chi connectivity index (χ0n) is 19.5. The van der Waals surface area contributed by atoms with Gasteiger partial charge in [0.05, 0.1) is 13.5 Å². The number of fused-ring (bicyclic) bond motifs is 1. The number of rotatable bonds is 7. The molecular formula is C31H29NO2. The fourth-order valence-electron chi connectivity index (χ4n) is 4.96. The molecule has 0 spiro atoms. The Labute approximate surface area is 201 Å². The van der Waals surface area contributed by atoms with Crippen molar-refractivity contribution in [3.63, 3.8) is 0 Å². The summed E-state index contributed by atoms with van der Waals surface area (Å²) in [4.78, 5) is 16.0. The third kappa shape index (κ3) is 4.74. The van der Waals surface area contributed by atoms with Crippen LogP contribution in [-0.4, -0.2) is 24.0 Å². The van der Waals surface area contributed by atoms with Gasteiger partial charge in [-0.15, -0.1) is 0 Å². The van der Waals surface area contributed by atoms with Gasteiger partial charge in [0.1, 0.15) is 5.75 Å². The predicted molar refractivity (Wildman–Crippen MR) is 137 cm³/mol. The normalized spacial score (nSPS) is 12.9. The highest BCUT2D eigenvalue weighted by atomic mass is 16.5. The molecule has 0 fully saturated rings. The van der Waals surface area contributed by atoms with Crippen molar-refractivity contribution in [2.75, 3.05) is 7.11 Å². The Kier molecular flexibility index (Phi) is 6.44. The van der Waals surface area contributed by atoms with E-state index >= 15 is 0 Å². The van der Waals surface area contributed by atoms with Crippen molar-refractivity contribution < 1.29 is 9.53 Å². The third-order valence-corrected chi connectivity index (χ3v) is 6.73. The van der Waals surface area contributed by atoms with Crippen molar-refractivity contribution >= 4 is 5.91 Å². The molecule has 0 unspecified atom stereocenters. The van der Waals surface area contributed by atoms with Gasteiger partial charge < -0.3 is 9.64 Å². The van der Waals surface area contributed by atoms with E-state index in [4.69, 9.17) is 4.74 Å². The molecule has 170 valence electrons. The first-order chi connectivity index (χ1) is 16.7. The van der Waals surface area contributed by atoms with Crippen molar-refractivity contribution in [2.45, 2.75) is 31.8 Å². The van der Waals surface area contributed by atoms with E-state index in [1.807, 2.05) is 48.5 Å². The van der Waals surface area contributed by atoms with Crippen LogP contribution >= 0.6 is 0 Å². The van der Waals surface area contributed by atoms with Gasteiger partial charge in [-0.25, -0.2) is 0 Å². The highest BCUT2D eigenvalue weighted by Gasteiger charge is 2.30. The lowest BCUT2D eigenvalue weighted by Crippen LogP contribution is -2.41. The standard InChI is InChI=1S/C31H29NO2/c1-34-29-16-17-30(24-12-6-3-7-13-24)27(20-29)21-31(33)32(22-23-10-4-2-5-11-23)28-18-25-14-8-9-15-26(25)19-28/h2-17,20,28H,18-19,21-22H2,1H3. The molecule has 3 nitrogen and oxygen atoms in total. The second kappa shape index (κ2) is 9.96. The Morgan fingerprint density at radius 1 is 0.824 bits per heavy atom. The van der Waals surface area contributed by atoms with Crippen LogP contribution in [0.15, 0.2) is 103 Å². The number of ether oxygens (including phenoxy) is 1. The second-order valence-electron chi connectivity index (χ2n) is 8.90. The smallest absolute Gasteiger partial charge is 0.227 e. The van der Waals surface area contributed by atoms with Crippen LogP contribution in [0.3, 0.4) is 0 Å². The first-order valence-electron chi connectivity index (χ1n) is 11.8. The predicted octanol–water partition coefficient (Wildman–Crippen LogP) is 6.10. The Morgan fingerprint density at radius 3 is 2.09 bits per heavy atom. The quantitative estimate of drug-likeness (QED) is 0.343. The van der Waals surface area contributed by atoms with E-state index in [1.165, 1.54) is 11.1 Å². The van der Waals surface area contributed by atoms with Crippen LogP contribution in [0.1, 0.15) is 22.3 Å². The van der Waals surface area contributed by atoms with Crippen LogP contribution in [-0.2, 0) is 30.6 Å². The number of carbonyl (C=O) groups excluding carboxylic acids is 1. The molecule has 0 aromatic heterocycles. The third-order valence-electron chi connectivity index (χ3n) is 6.73. The summed E-state index contributed by atoms with van der Waals surface area (Å²) in [5.41, 5.74) is 7.03. The van der Waals surface area contributed by atoms with E-state index in [-0.39, 0.29) is 11.9 Å². The fraction of sp³-hybridized carbons (Fsp3) is 0.194. The molecule has 0 N–H and O–H groups in total. The van der Waals surface area contributed by atoms with Gasteiger partial charge in [0.15, 0.2) is 0 Å². The molecule has 1 aliphatic carbocycles. The van der Waals surface area contributed by atoms with Crippen LogP contribution in [0.25, 0.3) is 11.1 Å². The van der Waals surface area contributed by atoms with Crippen LogP contribution in [0.2, 0.25) is 0 Å². The molecule has 4 aromatic carbocycles. The largest absolute Gasteiger partial charge is 0.497 e. The van der Waals surface area contributed by atoms with Gasteiger partial charge >= 0.3 is 0 Å². The number of amides is 1. The Bertz CT molecular complexity index is 1240. The summed E-state index contributed by atoms with van der Waals surface area (Å²) in [6, 6.07) is 35.3. The number of benzene rings is 4. The number of hydrogen-bond donors (Lipinski definition) is 0. The van der Waals surface area contributed by atoms with E-state index in [0.29, 0.717) is 13.0 Å². The number of methoxy groups -OCH3 is 1. The lowest BCUT2D eigenvalue weighted by Gasteiger charge is -2.30. The molecular weight excluding hydrogens is 418 g/mol. The molecule has 0 saturated heterocycles. The minimum absolute atomic E-state index is 0.145. The van der Waals surface area contributed by atoms with Crippen molar-refractivity contribution in [2.24, 2.45) is 0 Å². The zero-order valence-corrected chi connectivity index (χ0v) is 19.5. The van der Waals surface area contributed by atoms with E-state index in [9.17, 15) is 4.79 Å². The van der Waals surface area contributed by atoms with Gasteiger partial charge in [0, 0.05) is 12.6 Å². The summed E-state index contributed by atoms with van der Waals surface area (Å²) < 4.78 is 5.50. The van der Waals surface area contributed by atoms with E-state index in [2.05, 4.69) is 59.5 Å². The maximum Gasteiger partial charge on any atom is 0.227 e. The molecule has 0 heterocycles. The molecule has 1 amide bonds.